The van der Waals surface area contributed by atoms with E-state index in [1.807, 2.05) is 24.3 Å². The summed E-state index contributed by atoms with van der Waals surface area (Å²) in [5.41, 5.74) is 1.72. The molecule has 0 aliphatic rings. The Morgan fingerprint density at radius 3 is 2.78 bits per heavy atom. The molecular formula is C13H12Cl2N2O. The van der Waals surface area contributed by atoms with Crippen LogP contribution in [0.3, 0.4) is 0 Å². The third-order valence-electron chi connectivity index (χ3n) is 2.54. The molecule has 0 aliphatic carbocycles. The van der Waals surface area contributed by atoms with Crippen LogP contribution in [0.5, 0.6) is 5.88 Å². The normalized spacial score (nSPS) is 12.2. The minimum absolute atomic E-state index is 0.224. The highest BCUT2D eigenvalue weighted by molar-refractivity contribution is 6.32. The zero-order valence-corrected chi connectivity index (χ0v) is 11.3. The SMILES string of the molecule is COc1cc(CC(Cl)c2ccccc2Cl)ncn1. The number of hydrogen-bond donors (Lipinski definition) is 0. The molecule has 0 aliphatic heterocycles. The Balaban J connectivity index is 2.16. The van der Waals surface area contributed by atoms with E-state index in [9.17, 15) is 0 Å². The predicted molar refractivity (Wildman–Crippen MR) is 72.3 cm³/mol. The first-order valence-corrected chi connectivity index (χ1v) is 6.25. The topological polar surface area (TPSA) is 35.0 Å². The molecule has 1 aromatic heterocycles. The molecule has 1 aromatic carbocycles. The molecule has 0 radical (unpaired) electrons. The number of benzene rings is 1. The van der Waals surface area contributed by atoms with E-state index in [0.29, 0.717) is 17.3 Å². The predicted octanol–water partition coefficient (Wildman–Crippen LogP) is 3.66. The molecule has 1 atom stereocenters. The fraction of sp³-hybridized carbons (Fsp3) is 0.231. The monoisotopic (exact) mass is 282 g/mol. The Hall–Kier alpha value is -1.32. The lowest BCUT2D eigenvalue weighted by Gasteiger charge is -2.11. The molecule has 1 unspecified atom stereocenters. The summed E-state index contributed by atoms with van der Waals surface area (Å²) in [6.45, 7) is 0. The lowest BCUT2D eigenvalue weighted by molar-refractivity contribution is 0.396. The highest BCUT2D eigenvalue weighted by atomic mass is 35.5. The summed E-state index contributed by atoms with van der Waals surface area (Å²) in [5, 5.41) is 0.442. The molecule has 1 heterocycles. The van der Waals surface area contributed by atoms with Crippen LogP contribution in [0.15, 0.2) is 36.7 Å². The molecule has 3 nitrogen and oxygen atoms in total. The van der Waals surface area contributed by atoms with Gasteiger partial charge >= 0.3 is 0 Å². The summed E-state index contributed by atoms with van der Waals surface area (Å²) >= 11 is 12.5. The Labute approximate surface area is 116 Å². The third kappa shape index (κ3) is 3.12. The van der Waals surface area contributed by atoms with Gasteiger partial charge < -0.3 is 4.74 Å². The Kier molecular flexibility index (Phi) is 4.39. The standard InChI is InChI=1S/C13H12Cl2N2O/c1-18-13-7-9(16-8-17-13)6-12(15)10-4-2-3-5-11(10)14/h2-5,7-8,12H,6H2,1H3. The average Bonchev–Trinajstić information content (AvgIpc) is 2.39. The molecule has 0 amide bonds. The molecular weight excluding hydrogens is 271 g/mol. The number of methoxy groups -OCH3 is 1. The van der Waals surface area contributed by atoms with Gasteiger partial charge in [-0.05, 0) is 11.6 Å². The summed E-state index contributed by atoms with van der Waals surface area (Å²) in [6, 6.07) is 9.30. The van der Waals surface area contributed by atoms with Crippen molar-refractivity contribution in [3.63, 3.8) is 0 Å². The second-order valence-electron chi connectivity index (χ2n) is 3.74. The molecule has 5 heteroatoms. The van der Waals surface area contributed by atoms with Crippen LogP contribution < -0.4 is 4.74 Å². The zero-order chi connectivity index (χ0) is 13.0. The van der Waals surface area contributed by atoms with Gasteiger partial charge in [0.25, 0.3) is 0 Å². The van der Waals surface area contributed by atoms with E-state index < -0.39 is 0 Å². The molecule has 94 valence electrons. The van der Waals surface area contributed by atoms with Crippen molar-refractivity contribution in [3.05, 3.63) is 52.9 Å². The number of nitrogens with zero attached hydrogens (tertiary/aromatic N) is 2. The van der Waals surface area contributed by atoms with Crippen molar-refractivity contribution in [1.29, 1.82) is 0 Å². The highest BCUT2D eigenvalue weighted by Gasteiger charge is 2.13. The molecule has 18 heavy (non-hydrogen) atoms. The number of hydrogen-bond acceptors (Lipinski definition) is 3. The van der Waals surface area contributed by atoms with Crippen molar-refractivity contribution >= 4 is 23.2 Å². The minimum atomic E-state index is -0.224. The minimum Gasteiger partial charge on any atom is -0.481 e. The van der Waals surface area contributed by atoms with Crippen molar-refractivity contribution in [3.8, 4) is 5.88 Å². The van der Waals surface area contributed by atoms with Crippen LogP contribution in [0.4, 0.5) is 0 Å². The second kappa shape index (κ2) is 6.03. The van der Waals surface area contributed by atoms with E-state index in [4.69, 9.17) is 27.9 Å². The van der Waals surface area contributed by atoms with Crippen molar-refractivity contribution in [1.82, 2.24) is 9.97 Å². The van der Waals surface area contributed by atoms with Crippen LogP contribution in [0, 0.1) is 0 Å². The Morgan fingerprint density at radius 2 is 2.06 bits per heavy atom. The Bertz CT molecular complexity index is 534. The maximum Gasteiger partial charge on any atom is 0.216 e. The second-order valence-corrected chi connectivity index (χ2v) is 4.68. The zero-order valence-electron chi connectivity index (χ0n) is 9.81. The summed E-state index contributed by atoms with van der Waals surface area (Å²) in [4.78, 5) is 8.12. The van der Waals surface area contributed by atoms with Gasteiger partial charge in [0.05, 0.1) is 12.5 Å². The summed E-state index contributed by atoms with van der Waals surface area (Å²) in [7, 11) is 1.57. The van der Waals surface area contributed by atoms with Crippen LogP contribution in [0.25, 0.3) is 0 Å². The summed E-state index contributed by atoms with van der Waals surface area (Å²) in [5.74, 6) is 0.531. The van der Waals surface area contributed by atoms with Crippen LogP contribution in [0.2, 0.25) is 5.02 Å². The molecule has 0 bridgehead atoms. The van der Waals surface area contributed by atoms with Crippen LogP contribution in [-0.2, 0) is 6.42 Å². The number of ether oxygens (including phenoxy) is 1. The van der Waals surface area contributed by atoms with Crippen molar-refractivity contribution in [2.45, 2.75) is 11.8 Å². The average molecular weight is 283 g/mol. The van der Waals surface area contributed by atoms with Gasteiger partial charge in [0, 0.05) is 23.2 Å². The quantitative estimate of drug-likeness (QED) is 0.803. The molecule has 0 saturated carbocycles. The number of rotatable bonds is 4. The van der Waals surface area contributed by atoms with Crippen molar-refractivity contribution in [2.75, 3.05) is 7.11 Å². The summed E-state index contributed by atoms with van der Waals surface area (Å²) < 4.78 is 5.05. The van der Waals surface area contributed by atoms with Crippen LogP contribution in [-0.4, -0.2) is 17.1 Å². The van der Waals surface area contributed by atoms with Crippen LogP contribution >= 0.6 is 23.2 Å². The molecule has 2 aromatic rings. The van der Waals surface area contributed by atoms with Gasteiger partial charge in [-0.2, -0.15) is 0 Å². The first-order valence-electron chi connectivity index (χ1n) is 5.44. The molecule has 0 saturated heterocycles. The van der Waals surface area contributed by atoms with E-state index in [-0.39, 0.29) is 5.38 Å². The van der Waals surface area contributed by atoms with Gasteiger partial charge in [-0.3, -0.25) is 0 Å². The van der Waals surface area contributed by atoms with Crippen LogP contribution in [0.1, 0.15) is 16.6 Å². The Morgan fingerprint density at radius 1 is 1.28 bits per heavy atom. The smallest absolute Gasteiger partial charge is 0.216 e. The molecule has 0 fully saturated rings. The van der Waals surface area contributed by atoms with Crippen molar-refractivity contribution in [2.24, 2.45) is 0 Å². The maximum absolute atomic E-state index is 6.36. The highest BCUT2D eigenvalue weighted by Crippen LogP contribution is 2.30. The van der Waals surface area contributed by atoms with Gasteiger partial charge in [0.2, 0.25) is 5.88 Å². The number of alkyl halides is 1. The number of aromatic nitrogens is 2. The fourth-order valence-corrected chi connectivity index (χ4v) is 2.29. The van der Waals surface area contributed by atoms with E-state index >= 15 is 0 Å². The lowest BCUT2D eigenvalue weighted by Crippen LogP contribution is -2.00. The van der Waals surface area contributed by atoms with E-state index in [1.165, 1.54) is 6.33 Å². The summed E-state index contributed by atoms with van der Waals surface area (Å²) in [6.07, 6.45) is 2.04. The number of halogens is 2. The van der Waals surface area contributed by atoms with Gasteiger partial charge in [-0.15, -0.1) is 11.6 Å². The first kappa shape index (κ1) is 13.1. The lowest BCUT2D eigenvalue weighted by atomic mass is 10.1. The first-order chi connectivity index (χ1) is 8.70. The molecule has 2 rings (SSSR count). The van der Waals surface area contributed by atoms with Gasteiger partial charge in [0.1, 0.15) is 6.33 Å². The fourth-order valence-electron chi connectivity index (χ4n) is 1.62. The maximum atomic E-state index is 6.36. The van der Waals surface area contributed by atoms with Gasteiger partial charge in [-0.25, -0.2) is 9.97 Å². The van der Waals surface area contributed by atoms with E-state index in [2.05, 4.69) is 9.97 Å². The van der Waals surface area contributed by atoms with Gasteiger partial charge in [0.15, 0.2) is 0 Å². The van der Waals surface area contributed by atoms with Gasteiger partial charge in [-0.1, -0.05) is 29.8 Å². The van der Waals surface area contributed by atoms with Crippen molar-refractivity contribution < 1.29 is 4.74 Å². The largest absolute Gasteiger partial charge is 0.481 e. The third-order valence-corrected chi connectivity index (χ3v) is 3.27. The molecule has 0 spiro atoms. The van der Waals surface area contributed by atoms with E-state index in [1.54, 1.807) is 13.2 Å². The van der Waals surface area contributed by atoms with E-state index in [0.717, 1.165) is 11.3 Å². The molecule has 0 N–H and O–H groups in total.